The summed E-state index contributed by atoms with van der Waals surface area (Å²) in [6.45, 7) is 0. The second-order valence-corrected chi connectivity index (χ2v) is 5.60. The third kappa shape index (κ3) is 5.97. The molecule has 2 aromatic carbocycles. The van der Waals surface area contributed by atoms with Crippen molar-refractivity contribution in [2.45, 2.75) is 0 Å². The van der Waals surface area contributed by atoms with Crippen molar-refractivity contribution in [3.8, 4) is 23.3 Å². The van der Waals surface area contributed by atoms with Crippen LogP contribution in [0, 0.1) is 11.3 Å². The summed E-state index contributed by atoms with van der Waals surface area (Å²) in [6.07, 6.45) is 4.21. The first-order valence-corrected chi connectivity index (χ1v) is 8.42. The Hall–Kier alpha value is -4.05. The Morgan fingerprint density at radius 1 is 0.966 bits per heavy atom. The Bertz CT molecular complexity index is 1000. The molecule has 0 saturated carbocycles. The van der Waals surface area contributed by atoms with Gasteiger partial charge in [0.2, 0.25) is 0 Å². The molecular formula is C22H19NO6. The van der Waals surface area contributed by atoms with Crippen molar-refractivity contribution < 1.29 is 28.5 Å². The first-order valence-electron chi connectivity index (χ1n) is 8.42. The Labute approximate surface area is 168 Å². The smallest absolute Gasteiger partial charge is 0.348 e. The van der Waals surface area contributed by atoms with Crippen LogP contribution in [0.15, 0.2) is 54.1 Å². The third-order valence-corrected chi connectivity index (χ3v) is 3.73. The van der Waals surface area contributed by atoms with Gasteiger partial charge in [0.05, 0.1) is 21.3 Å². The maximum atomic E-state index is 12.1. The number of esters is 2. The summed E-state index contributed by atoms with van der Waals surface area (Å²) in [5.41, 5.74) is 1.08. The van der Waals surface area contributed by atoms with Gasteiger partial charge in [0.15, 0.2) is 11.5 Å². The number of hydrogen-bond donors (Lipinski definition) is 0. The van der Waals surface area contributed by atoms with E-state index in [0.717, 1.165) is 5.56 Å². The summed E-state index contributed by atoms with van der Waals surface area (Å²) < 4.78 is 20.2. The van der Waals surface area contributed by atoms with Gasteiger partial charge < -0.3 is 18.9 Å². The molecule has 0 aliphatic carbocycles. The van der Waals surface area contributed by atoms with Crippen molar-refractivity contribution >= 4 is 24.1 Å². The lowest BCUT2D eigenvalue weighted by atomic mass is 10.1. The molecule has 0 unspecified atom stereocenters. The van der Waals surface area contributed by atoms with Gasteiger partial charge in [0.1, 0.15) is 17.4 Å². The Balaban J connectivity index is 2.12. The number of hydrogen-bond acceptors (Lipinski definition) is 7. The molecule has 0 N–H and O–H groups in total. The number of carbonyl (C=O) groups is 2. The molecule has 0 radical (unpaired) electrons. The molecule has 0 heterocycles. The molecular weight excluding hydrogens is 374 g/mol. The predicted octanol–water partition coefficient (Wildman–Crippen LogP) is 3.40. The van der Waals surface area contributed by atoms with E-state index in [2.05, 4.69) is 4.74 Å². The average molecular weight is 393 g/mol. The fourth-order valence-corrected chi connectivity index (χ4v) is 2.35. The van der Waals surface area contributed by atoms with Crippen LogP contribution in [0.25, 0.3) is 12.2 Å². The maximum Gasteiger partial charge on any atom is 0.348 e. The minimum Gasteiger partial charge on any atom is -0.493 e. The van der Waals surface area contributed by atoms with Crippen molar-refractivity contribution in [2.24, 2.45) is 0 Å². The number of rotatable bonds is 7. The summed E-state index contributed by atoms with van der Waals surface area (Å²) >= 11 is 0. The zero-order valence-electron chi connectivity index (χ0n) is 16.2. The number of benzene rings is 2. The van der Waals surface area contributed by atoms with Gasteiger partial charge in [-0.1, -0.05) is 18.2 Å². The van der Waals surface area contributed by atoms with Crippen LogP contribution < -0.4 is 14.2 Å². The highest BCUT2D eigenvalue weighted by molar-refractivity contribution is 5.97. The van der Waals surface area contributed by atoms with Crippen LogP contribution in [0.4, 0.5) is 0 Å². The first-order chi connectivity index (χ1) is 14.0. The lowest BCUT2D eigenvalue weighted by Gasteiger charge is -2.07. The highest BCUT2D eigenvalue weighted by Crippen LogP contribution is 2.28. The quantitative estimate of drug-likeness (QED) is 0.308. The van der Waals surface area contributed by atoms with Gasteiger partial charge >= 0.3 is 11.9 Å². The van der Waals surface area contributed by atoms with Gasteiger partial charge in [0.25, 0.3) is 0 Å². The summed E-state index contributed by atoms with van der Waals surface area (Å²) in [7, 11) is 4.26. The summed E-state index contributed by atoms with van der Waals surface area (Å²) in [5, 5.41) is 9.02. The topological polar surface area (TPSA) is 94.9 Å². The number of nitriles is 1. The van der Waals surface area contributed by atoms with Gasteiger partial charge in [-0.2, -0.15) is 5.26 Å². The van der Waals surface area contributed by atoms with E-state index in [1.54, 1.807) is 55.7 Å². The zero-order valence-corrected chi connectivity index (χ0v) is 16.2. The summed E-state index contributed by atoms with van der Waals surface area (Å²) in [5.74, 6) is 0.0622. The molecule has 0 aliphatic heterocycles. The molecule has 2 rings (SSSR count). The van der Waals surface area contributed by atoms with Crippen LogP contribution in [0.3, 0.4) is 0 Å². The maximum absolute atomic E-state index is 12.1. The molecule has 0 aliphatic rings. The molecule has 0 amide bonds. The number of methoxy groups -OCH3 is 3. The van der Waals surface area contributed by atoms with Crippen molar-refractivity contribution in [2.75, 3.05) is 21.3 Å². The minimum absolute atomic E-state index is 0.163. The van der Waals surface area contributed by atoms with Crippen LogP contribution in [-0.2, 0) is 14.3 Å². The van der Waals surface area contributed by atoms with E-state index in [1.807, 2.05) is 0 Å². The molecule has 148 valence electrons. The monoisotopic (exact) mass is 393 g/mol. The molecule has 0 atom stereocenters. The first kappa shape index (κ1) is 21.3. The molecule has 0 fully saturated rings. The van der Waals surface area contributed by atoms with Crippen LogP contribution in [0.5, 0.6) is 17.2 Å². The second-order valence-electron chi connectivity index (χ2n) is 5.60. The molecule has 2 aromatic rings. The number of carbonyl (C=O) groups excluding carboxylic acids is 2. The van der Waals surface area contributed by atoms with E-state index < -0.39 is 11.9 Å². The van der Waals surface area contributed by atoms with Crippen molar-refractivity contribution in [3.63, 3.8) is 0 Å². The predicted molar refractivity (Wildman–Crippen MR) is 106 cm³/mol. The minimum atomic E-state index is -0.743. The van der Waals surface area contributed by atoms with E-state index in [9.17, 15) is 9.59 Å². The second kappa shape index (κ2) is 10.3. The molecule has 0 aromatic heterocycles. The van der Waals surface area contributed by atoms with Crippen LogP contribution in [0.2, 0.25) is 0 Å². The largest absolute Gasteiger partial charge is 0.493 e. The highest BCUT2D eigenvalue weighted by Gasteiger charge is 2.09. The fourth-order valence-electron chi connectivity index (χ4n) is 2.35. The highest BCUT2D eigenvalue weighted by atomic mass is 16.5. The normalized spacial score (nSPS) is 10.9. The molecule has 29 heavy (non-hydrogen) atoms. The molecule has 7 nitrogen and oxygen atoms in total. The molecule has 0 spiro atoms. The van der Waals surface area contributed by atoms with Crippen molar-refractivity contribution in [1.82, 2.24) is 0 Å². The van der Waals surface area contributed by atoms with Crippen LogP contribution in [0.1, 0.15) is 11.1 Å². The van der Waals surface area contributed by atoms with Crippen molar-refractivity contribution in [1.29, 1.82) is 5.26 Å². The standard InChI is InChI=1S/C22H19NO6/c1-26-19-9-7-15(13-20(19)27-2)8-10-21(24)29-18-6-4-5-16(12-18)11-17(14-23)22(25)28-3/h4-13H,1-3H3/b10-8+,17-11+. The van der Waals surface area contributed by atoms with Crippen molar-refractivity contribution in [3.05, 3.63) is 65.2 Å². The lowest BCUT2D eigenvalue weighted by Crippen LogP contribution is -2.04. The third-order valence-electron chi connectivity index (χ3n) is 3.73. The SMILES string of the molecule is COC(=O)/C(C#N)=C/c1cccc(OC(=O)/C=C/c2ccc(OC)c(OC)c2)c1. The Morgan fingerprint density at radius 3 is 2.38 bits per heavy atom. The lowest BCUT2D eigenvalue weighted by molar-refractivity contribution is -0.135. The van der Waals surface area contributed by atoms with Gasteiger partial charge in [-0.25, -0.2) is 9.59 Å². The number of ether oxygens (including phenoxy) is 4. The Morgan fingerprint density at radius 2 is 1.72 bits per heavy atom. The summed E-state index contributed by atoms with van der Waals surface area (Å²) in [4.78, 5) is 23.6. The van der Waals surface area contributed by atoms with E-state index in [0.29, 0.717) is 17.1 Å². The van der Waals surface area contributed by atoms with Gasteiger partial charge in [0, 0.05) is 6.08 Å². The van der Waals surface area contributed by atoms with Gasteiger partial charge in [-0.15, -0.1) is 0 Å². The molecule has 0 saturated heterocycles. The fraction of sp³-hybridized carbons (Fsp3) is 0.136. The van der Waals surface area contributed by atoms with Gasteiger partial charge in [-0.3, -0.25) is 0 Å². The van der Waals surface area contributed by atoms with E-state index in [-0.39, 0.29) is 11.3 Å². The van der Waals surface area contributed by atoms with E-state index >= 15 is 0 Å². The van der Waals surface area contributed by atoms with Crippen LogP contribution in [-0.4, -0.2) is 33.3 Å². The average Bonchev–Trinajstić information content (AvgIpc) is 2.75. The zero-order chi connectivity index (χ0) is 21.2. The summed E-state index contributed by atoms with van der Waals surface area (Å²) in [6, 6.07) is 13.4. The van der Waals surface area contributed by atoms with Gasteiger partial charge in [-0.05, 0) is 47.5 Å². The van der Waals surface area contributed by atoms with E-state index in [4.69, 9.17) is 19.5 Å². The van der Waals surface area contributed by atoms with E-state index in [1.165, 1.54) is 32.4 Å². The van der Waals surface area contributed by atoms with Crippen LogP contribution >= 0.6 is 0 Å². The molecule has 7 heteroatoms. The Kier molecular flexibility index (Phi) is 7.57. The number of nitrogens with zero attached hydrogens (tertiary/aromatic N) is 1. The molecule has 0 bridgehead atoms.